The van der Waals surface area contributed by atoms with Gasteiger partial charge in [-0.3, -0.25) is 0 Å². The Morgan fingerprint density at radius 2 is 2.00 bits per heavy atom. The number of sulfonamides is 1. The van der Waals surface area contributed by atoms with Crippen molar-refractivity contribution in [2.75, 3.05) is 33.5 Å². The van der Waals surface area contributed by atoms with Gasteiger partial charge in [0.1, 0.15) is 0 Å². The van der Waals surface area contributed by atoms with Gasteiger partial charge in [-0.25, -0.2) is 13.1 Å². The Labute approximate surface area is 126 Å². The number of nitrogens with one attached hydrogen (secondary N) is 1. The third-order valence-corrected chi connectivity index (χ3v) is 4.70. The highest BCUT2D eigenvalue weighted by molar-refractivity contribution is 7.89. The van der Waals surface area contributed by atoms with Gasteiger partial charge in [-0.1, -0.05) is 12.1 Å². The molecule has 21 heavy (non-hydrogen) atoms. The Balaban J connectivity index is 2.51. The highest BCUT2D eigenvalue weighted by Gasteiger charge is 2.17. The molecule has 1 rings (SSSR count). The molecule has 3 N–H and O–H groups in total. The van der Waals surface area contributed by atoms with Crippen LogP contribution in [0, 0.1) is 6.92 Å². The zero-order chi connectivity index (χ0) is 15.7. The number of nitrogens with two attached hydrogens (primary N) is 1. The molecule has 0 saturated heterocycles. The standard InChI is InChI=1S/C14H24N2O4S/c1-12-13(11-15)5-3-6-14(12)21(17,18)16-7-4-8-20-10-9-19-2/h3,5-6,16H,4,7-11,15H2,1-2H3. The lowest BCUT2D eigenvalue weighted by Crippen LogP contribution is -2.26. The van der Waals surface area contributed by atoms with Gasteiger partial charge in [0.2, 0.25) is 10.0 Å². The lowest BCUT2D eigenvalue weighted by atomic mass is 10.1. The number of hydrogen-bond donors (Lipinski definition) is 2. The van der Waals surface area contributed by atoms with E-state index in [0.29, 0.717) is 44.9 Å². The van der Waals surface area contributed by atoms with Gasteiger partial charge >= 0.3 is 0 Å². The number of hydrogen-bond acceptors (Lipinski definition) is 5. The van der Waals surface area contributed by atoms with E-state index in [0.717, 1.165) is 5.56 Å². The summed E-state index contributed by atoms with van der Waals surface area (Å²) in [4.78, 5) is 0.283. The largest absolute Gasteiger partial charge is 0.382 e. The van der Waals surface area contributed by atoms with Crippen molar-refractivity contribution in [1.82, 2.24) is 4.72 Å². The molecule has 0 unspecified atom stereocenters. The maximum atomic E-state index is 12.2. The lowest BCUT2D eigenvalue weighted by Gasteiger charge is -2.12. The summed E-state index contributed by atoms with van der Waals surface area (Å²) in [5.41, 5.74) is 7.13. The zero-order valence-corrected chi connectivity index (χ0v) is 13.4. The molecule has 1 aromatic rings. The van der Waals surface area contributed by atoms with Crippen LogP contribution in [0.5, 0.6) is 0 Å². The first-order valence-corrected chi connectivity index (χ1v) is 8.36. The van der Waals surface area contributed by atoms with E-state index in [-0.39, 0.29) is 4.90 Å². The van der Waals surface area contributed by atoms with E-state index in [9.17, 15) is 8.42 Å². The first-order chi connectivity index (χ1) is 10.0. The van der Waals surface area contributed by atoms with Crippen LogP contribution in [0.15, 0.2) is 23.1 Å². The second-order valence-corrected chi connectivity index (χ2v) is 6.34. The minimum Gasteiger partial charge on any atom is -0.382 e. The van der Waals surface area contributed by atoms with Gasteiger partial charge in [-0.15, -0.1) is 0 Å². The van der Waals surface area contributed by atoms with Crippen LogP contribution in [0.4, 0.5) is 0 Å². The molecular formula is C14H24N2O4S. The van der Waals surface area contributed by atoms with Crippen LogP contribution in [0.2, 0.25) is 0 Å². The molecule has 0 aliphatic carbocycles. The molecule has 0 radical (unpaired) electrons. The minimum atomic E-state index is -3.51. The van der Waals surface area contributed by atoms with E-state index in [2.05, 4.69) is 4.72 Å². The molecule has 0 saturated carbocycles. The molecule has 0 fully saturated rings. The van der Waals surface area contributed by atoms with Crippen molar-refractivity contribution in [2.24, 2.45) is 5.73 Å². The predicted octanol–water partition coefficient (Wildman–Crippen LogP) is 0.785. The van der Waals surface area contributed by atoms with Crippen molar-refractivity contribution in [3.63, 3.8) is 0 Å². The van der Waals surface area contributed by atoms with Gasteiger partial charge in [0, 0.05) is 26.8 Å². The molecule has 0 amide bonds. The smallest absolute Gasteiger partial charge is 0.240 e. The van der Waals surface area contributed by atoms with Crippen LogP contribution in [0.3, 0.4) is 0 Å². The SMILES string of the molecule is COCCOCCCNS(=O)(=O)c1cccc(CN)c1C. The molecule has 1 aromatic carbocycles. The molecule has 0 spiro atoms. The van der Waals surface area contributed by atoms with Gasteiger partial charge in [-0.05, 0) is 30.5 Å². The monoisotopic (exact) mass is 316 g/mol. The summed E-state index contributed by atoms with van der Waals surface area (Å²) >= 11 is 0. The minimum absolute atomic E-state index is 0.283. The Hall–Kier alpha value is -0.990. The maximum Gasteiger partial charge on any atom is 0.240 e. The number of benzene rings is 1. The van der Waals surface area contributed by atoms with Gasteiger partial charge in [0.05, 0.1) is 18.1 Å². The third kappa shape index (κ3) is 5.72. The van der Waals surface area contributed by atoms with Crippen molar-refractivity contribution >= 4 is 10.0 Å². The summed E-state index contributed by atoms with van der Waals surface area (Å²) in [5, 5.41) is 0. The summed E-state index contributed by atoms with van der Waals surface area (Å²) in [6.07, 6.45) is 0.610. The molecule has 7 heteroatoms. The fourth-order valence-corrected chi connectivity index (χ4v) is 3.24. The summed E-state index contributed by atoms with van der Waals surface area (Å²) in [6, 6.07) is 5.13. The molecule has 0 aliphatic heterocycles. The van der Waals surface area contributed by atoms with Crippen LogP contribution in [-0.4, -0.2) is 41.9 Å². The number of rotatable bonds is 10. The van der Waals surface area contributed by atoms with Crippen LogP contribution in [0.1, 0.15) is 17.5 Å². The molecule has 120 valence electrons. The van der Waals surface area contributed by atoms with Crippen LogP contribution >= 0.6 is 0 Å². The van der Waals surface area contributed by atoms with Crippen molar-refractivity contribution < 1.29 is 17.9 Å². The second-order valence-electron chi connectivity index (χ2n) is 4.60. The van der Waals surface area contributed by atoms with E-state index in [1.807, 2.05) is 6.07 Å². The highest BCUT2D eigenvalue weighted by Crippen LogP contribution is 2.18. The quantitative estimate of drug-likeness (QED) is 0.623. The van der Waals surface area contributed by atoms with Crippen molar-refractivity contribution in [1.29, 1.82) is 0 Å². The average molecular weight is 316 g/mol. The topological polar surface area (TPSA) is 90.6 Å². The summed E-state index contributed by atoms with van der Waals surface area (Å²) in [7, 11) is -1.90. The molecule has 0 aromatic heterocycles. The van der Waals surface area contributed by atoms with Crippen LogP contribution in [0.25, 0.3) is 0 Å². The van der Waals surface area contributed by atoms with Crippen molar-refractivity contribution in [3.8, 4) is 0 Å². The maximum absolute atomic E-state index is 12.2. The second kappa shape index (κ2) is 9.11. The molecule has 0 bridgehead atoms. The Bertz CT molecular complexity index is 532. The van der Waals surface area contributed by atoms with Gasteiger partial charge in [0.25, 0.3) is 0 Å². The highest BCUT2D eigenvalue weighted by atomic mass is 32.2. The Morgan fingerprint density at radius 1 is 1.24 bits per heavy atom. The number of ether oxygens (including phenoxy) is 2. The summed E-state index contributed by atoms with van der Waals surface area (Å²) in [6.45, 7) is 3.97. The van der Waals surface area contributed by atoms with Gasteiger partial charge < -0.3 is 15.2 Å². The normalized spacial score (nSPS) is 11.8. The molecule has 0 aliphatic rings. The van der Waals surface area contributed by atoms with E-state index in [1.165, 1.54) is 0 Å². The summed E-state index contributed by atoms with van der Waals surface area (Å²) < 4.78 is 37.2. The first kappa shape index (κ1) is 18.1. The number of methoxy groups -OCH3 is 1. The Kier molecular flexibility index (Phi) is 7.84. The fourth-order valence-electron chi connectivity index (χ4n) is 1.88. The van der Waals surface area contributed by atoms with E-state index < -0.39 is 10.0 Å². The molecule has 0 atom stereocenters. The van der Waals surface area contributed by atoms with E-state index in [1.54, 1.807) is 26.2 Å². The zero-order valence-electron chi connectivity index (χ0n) is 12.6. The van der Waals surface area contributed by atoms with Crippen molar-refractivity contribution in [2.45, 2.75) is 24.8 Å². The summed E-state index contributed by atoms with van der Waals surface area (Å²) in [5.74, 6) is 0. The molecular weight excluding hydrogens is 292 g/mol. The predicted molar refractivity (Wildman–Crippen MR) is 81.6 cm³/mol. The van der Waals surface area contributed by atoms with E-state index in [4.69, 9.17) is 15.2 Å². The Morgan fingerprint density at radius 3 is 2.67 bits per heavy atom. The lowest BCUT2D eigenvalue weighted by molar-refractivity contribution is 0.0699. The average Bonchev–Trinajstić information content (AvgIpc) is 2.46. The molecule has 6 nitrogen and oxygen atoms in total. The fraction of sp³-hybridized carbons (Fsp3) is 0.571. The van der Waals surface area contributed by atoms with Crippen molar-refractivity contribution in [3.05, 3.63) is 29.3 Å². The van der Waals surface area contributed by atoms with Crippen LogP contribution < -0.4 is 10.5 Å². The first-order valence-electron chi connectivity index (χ1n) is 6.88. The van der Waals surface area contributed by atoms with Crippen LogP contribution in [-0.2, 0) is 26.0 Å². The van der Waals surface area contributed by atoms with Gasteiger partial charge in [0.15, 0.2) is 0 Å². The van der Waals surface area contributed by atoms with Gasteiger partial charge in [-0.2, -0.15) is 0 Å². The van der Waals surface area contributed by atoms with E-state index >= 15 is 0 Å². The third-order valence-electron chi connectivity index (χ3n) is 3.10. The molecule has 0 heterocycles.